The molecule has 0 aromatic carbocycles. The van der Waals surface area contributed by atoms with Crippen LogP contribution >= 0.6 is 0 Å². The van der Waals surface area contributed by atoms with Gasteiger partial charge in [-0.15, -0.1) is 0 Å². The molecule has 2 rings (SSSR count). The van der Waals surface area contributed by atoms with Gasteiger partial charge >= 0.3 is 6.03 Å². The number of nitrogens with zero attached hydrogens (tertiary/aromatic N) is 1. The number of urea groups is 1. The molecule has 0 radical (unpaired) electrons. The maximum absolute atomic E-state index is 11.7. The highest BCUT2D eigenvalue weighted by molar-refractivity contribution is 5.75. The number of nitrogens with two attached hydrogens (primary N) is 1. The average Bonchev–Trinajstić information content (AvgIpc) is 2.83. The lowest BCUT2D eigenvalue weighted by Crippen LogP contribution is -2.45. The molecule has 0 aromatic rings. The molecule has 1 atom stereocenters. The number of carbonyl (C=O) groups is 1. The lowest BCUT2D eigenvalue weighted by atomic mass is 10.2. The Morgan fingerprint density at radius 3 is 2.93 bits per heavy atom. The zero-order valence-electron chi connectivity index (χ0n) is 8.24. The van der Waals surface area contributed by atoms with Gasteiger partial charge in [-0.2, -0.15) is 0 Å². The normalized spacial score (nSPS) is 26.6. The monoisotopic (exact) mass is 199 g/mol. The second-order valence-corrected chi connectivity index (χ2v) is 4.05. The van der Waals surface area contributed by atoms with Crippen molar-refractivity contribution in [2.45, 2.75) is 37.8 Å². The molecular formula is C9H17N3O2. The molecule has 1 aliphatic heterocycles. The van der Waals surface area contributed by atoms with Crippen LogP contribution in [-0.2, 0) is 4.84 Å². The molecule has 2 fully saturated rings. The summed E-state index contributed by atoms with van der Waals surface area (Å²) >= 11 is 0. The summed E-state index contributed by atoms with van der Waals surface area (Å²) in [5, 5.41) is 2.97. The molecule has 0 aromatic heterocycles. The van der Waals surface area contributed by atoms with Crippen molar-refractivity contribution in [3.05, 3.63) is 0 Å². The van der Waals surface area contributed by atoms with E-state index in [1.807, 2.05) is 4.90 Å². The van der Waals surface area contributed by atoms with Gasteiger partial charge in [-0.3, -0.25) is 0 Å². The second-order valence-electron chi connectivity index (χ2n) is 4.05. The van der Waals surface area contributed by atoms with E-state index < -0.39 is 0 Å². The smallest absolute Gasteiger partial charge is 0.317 e. The predicted molar refractivity (Wildman–Crippen MR) is 51.4 cm³/mol. The van der Waals surface area contributed by atoms with Crippen LogP contribution < -0.4 is 11.2 Å². The molecular weight excluding hydrogens is 182 g/mol. The van der Waals surface area contributed by atoms with E-state index in [1.165, 1.54) is 0 Å². The van der Waals surface area contributed by atoms with Gasteiger partial charge in [0.15, 0.2) is 0 Å². The largest absolute Gasteiger partial charge is 0.335 e. The summed E-state index contributed by atoms with van der Waals surface area (Å²) in [6.07, 6.45) is 4.29. The van der Waals surface area contributed by atoms with E-state index in [2.05, 4.69) is 10.2 Å². The predicted octanol–water partition coefficient (Wildman–Crippen LogP) is 0.213. The highest BCUT2D eigenvalue weighted by atomic mass is 16.6. The third-order valence-electron chi connectivity index (χ3n) is 2.83. The van der Waals surface area contributed by atoms with Crippen LogP contribution in [0.1, 0.15) is 25.7 Å². The van der Waals surface area contributed by atoms with Crippen LogP contribution in [0.5, 0.6) is 0 Å². The molecule has 14 heavy (non-hydrogen) atoms. The van der Waals surface area contributed by atoms with E-state index in [0.29, 0.717) is 12.6 Å². The number of nitrogens with one attached hydrogen (secondary N) is 1. The van der Waals surface area contributed by atoms with E-state index in [1.54, 1.807) is 0 Å². The molecule has 2 amide bonds. The minimum atomic E-state index is 0.0482. The Bertz CT molecular complexity index is 218. The number of hydrogen-bond acceptors (Lipinski definition) is 3. The molecule has 1 unspecified atom stereocenters. The Hall–Kier alpha value is -0.810. The van der Waals surface area contributed by atoms with Crippen molar-refractivity contribution in [1.82, 2.24) is 10.2 Å². The van der Waals surface area contributed by atoms with Crippen molar-refractivity contribution in [3.63, 3.8) is 0 Å². The van der Waals surface area contributed by atoms with Gasteiger partial charge in [0.25, 0.3) is 0 Å². The summed E-state index contributed by atoms with van der Waals surface area (Å²) in [4.78, 5) is 18.1. The maximum atomic E-state index is 11.7. The summed E-state index contributed by atoms with van der Waals surface area (Å²) in [6, 6.07) is 0.633. The minimum absolute atomic E-state index is 0.0482. The van der Waals surface area contributed by atoms with E-state index in [-0.39, 0.29) is 12.1 Å². The van der Waals surface area contributed by atoms with Gasteiger partial charge < -0.3 is 15.1 Å². The van der Waals surface area contributed by atoms with Crippen molar-refractivity contribution in [3.8, 4) is 0 Å². The number of hydrogen-bond donors (Lipinski definition) is 2. The third-order valence-corrected chi connectivity index (χ3v) is 2.83. The van der Waals surface area contributed by atoms with Gasteiger partial charge in [-0.1, -0.05) is 0 Å². The summed E-state index contributed by atoms with van der Waals surface area (Å²) in [6.45, 7) is 1.27. The van der Waals surface area contributed by atoms with Crippen molar-refractivity contribution in [2.75, 3.05) is 13.2 Å². The van der Waals surface area contributed by atoms with Crippen LogP contribution in [0.4, 0.5) is 4.79 Å². The van der Waals surface area contributed by atoms with Crippen molar-refractivity contribution < 1.29 is 9.63 Å². The molecule has 1 saturated heterocycles. The fraction of sp³-hybridized carbons (Fsp3) is 0.889. The maximum Gasteiger partial charge on any atom is 0.317 e. The first-order valence-corrected chi connectivity index (χ1v) is 5.20. The Kier molecular flexibility index (Phi) is 2.88. The number of likely N-dealkylation sites (tertiary alicyclic amines) is 1. The van der Waals surface area contributed by atoms with Gasteiger partial charge in [-0.05, 0) is 25.7 Å². The van der Waals surface area contributed by atoms with Gasteiger partial charge in [0.2, 0.25) is 0 Å². The number of rotatable bonds is 3. The Morgan fingerprint density at radius 2 is 2.29 bits per heavy atom. The minimum Gasteiger partial charge on any atom is -0.335 e. The van der Waals surface area contributed by atoms with Gasteiger partial charge in [0, 0.05) is 12.6 Å². The van der Waals surface area contributed by atoms with Crippen LogP contribution in [0.3, 0.4) is 0 Å². The standard InChI is InChI=1S/C9H17N3O2/c10-14-6-8-2-1-5-12(8)9(13)11-7-3-4-7/h7-8H,1-6,10H2,(H,11,13). The van der Waals surface area contributed by atoms with Crippen LogP contribution in [0, 0.1) is 0 Å². The number of carbonyl (C=O) groups excluding carboxylic acids is 1. The zero-order valence-corrected chi connectivity index (χ0v) is 8.24. The Balaban J connectivity index is 1.83. The van der Waals surface area contributed by atoms with Crippen molar-refractivity contribution in [1.29, 1.82) is 0 Å². The molecule has 5 heteroatoms. The van der Waals surface area contributed by atoms with Gasteiger partial charge in [0.1, 0.15) is 0 Å². The quantitative estimate of drug-likeness (QED) is 0.639. The first kappa shape index (κ1) is 9.73. The van der Waals surface area contributed by atoms with Crippen LogP contribution in [0.25, 0.3) is 0 Å². The van der Waals surface area contributed by atoms with Crippen LogP contribution in [0.15, 0.2) is 0 Å². The highest BCUT2D eigenvalue weighted by Gasteiger charge is 2.32. The van der Waals surface area contributed by atoms with Gasteiger partial charge in [0.05, 0.1) is 12.6 Å². The van der Waals surface area contributed by atoms with Crippen molar-refractivity contribution >= 4 is 6.03 Å². The molecule has 0 spiro atoms. The SMILES string of the molecule is NOCC1CCCN1C(=O)NC1CC1. The van der Waals surface area contributed by atoms with E-state index >= 15 is 0 Å². The summed E-state index contributed by atoms with van der Waals surface area (Å²) in [5.74, 6) is 5.03. The molecule has 1 heterocycles. The third kappa shape index (κ3) is 2.16. The second kappa shape index (κ2) is 4.14. The average molecular weight is 199 g/mol. The van der Waals surface area contributed by atoms with E-state index in [0.717, 1.165) is 32.2 Å². The van der Waals surface area contributed by atoms with E-state index in [4.69, 9.17) is 5.90 Å². The molecule has 5 nitrogen and oxygen atoms in total. The molecule has 1 saturated carbocycles. The fourth-order valence-corrected chi connectivity index (χ4v) is 1.87. The molecule has 80 valence electrons. The summed E-state index contributed by atoms with van der Waals surface area (Å²) in [5.41, 5.74) is 0. The molecule has 2 aliphatic rings. The molecule has 1 aliphatic carbocycles. The molecule has 3 N–H and O–H groups in total. The lowest BCUT2D eigenvalue weighted by Gasteiger charge is -2.23. The zero-order chi connectivity index (χ0) is 9.97. The highest BCUT2D eigenvalue weighted by Crippen LogP contribution is 2.21. The van der Waals surface area contributed by atoms with Gasteiger partial charge in [-0.25, -0.2) is 10.7 Å². The summed E-state index contributed by atoms with van der Waals surface area (Å²) in [7, 11) is 0. The first-order chi connectivity index (χ1) is 6.81. The number of amides is 2. The van der Waals surface area contributed by atoms with Crippen molar-refractivity contribution in [2.24, 2.45) is 5.90 Å². The van der Waals surface area contributed by atoms with Crippen LogP contribution in [-0.4, -0.2) is 36.2 Å². The first-order valence-electron chi connectivity index (χ1n) is 5.20. The molecule has 0 bridgehead atoms. The topological polar surface area (TPSA) is 67.6 Å². The van der Waals surface area contributed by atoms with Crippen LogP contribution in [0.2, 0.25) is 0 Å². The Morgan fingerprint density at radius 1 is 1.50 bits per heavy atom. The lowest BCUT2D eigenvalue weighted by molar-refractivity contribution is 0.0867. The fourth-order valence-electron chi connectivity index (χ4n) is 1.87. The summed E-state index contributed by atoms with van der Waals surface area (Å²) < 4.78 is 0. The van der Waals surface area contributed by atoms with E-state index in [9.17, 15) is 4.79 Å². The Labute approximate surface area is 83.5 Å².